The standard InChI is InChI=1S/C21H22N2O2S/c1-15-10-17(14-23(2)13-16-6-4-3-5-7-16)12-18(11-15)19-8-9-26-20(19)21(24)22-25/h3-12,25H,13-14H2,1-2H3,(H,22,24). The van der Waals surface area contributed by atoms with Crippen LogP contribution >= 0.6 is 11.3 Å². The van der Waals surface area contributed by atoms with Crippen molar-refractivity contribution in [3.8, 4) is 11.1 Å². The van der Waals surface area contributed by atoms with E-state index in [9.17, 15) is 4.79 Å². The van der Waals surface area contributed by atoms with Gasteiger partial charge in [0.2, 0.25) is 0 Å². The van der Waals surface area contributed by atoms with Crippen molar-refractivity contribution in [3.05, 3.63) is 81.5 Å². The summed E-state index contributed by atoms with van der Waals surface area (Å²) in [4.78, 5) is 14.6. The van der Waals surface area contributed by atoms with Crippen LogP contribution in [-0.4, -0.2) is 23.1 Å². The van der Waals surface area contributed by atoms with Crippen LogP contribution in [0.3, 0.4) is 0 Å². The van der Waals surface area contributed by atoms with Crippen LogP contribution < -0.4 is 5.48 Å². The third kappa shape index (κ3) is 4.38. The van der Waals surface area contributed by atoms with Gasteiger partial charge < -0.3 is 0 Å². The normalized spacial score (nSPS) is 10.9. The van der Waals surface area contributed by atoms with Crippen molar-refractivity contribution in [2.75, 3.05) is 7.05 Å². The molecule has 0 saturated heterocycles. The number of nitrogens with zero attached hydrogens (tertiary/aromatic N) is 1. The van der Waals surface area contributed by atoms with Crippen LogP contribution in [0.25, 0.3) is 11.1 Å². The predicted molar refractivity (Wildman–Crippen MR) is 105 cm³/mol. The van der Waals surface area contributed by atoms with Gasteiger partial charge in [0.05, 0.1) is 0 Å². The van der Waals surface area contributed by atoms with Crippen LogP contribution in [-0.2, 0) is 13.1 Å². The highest BCUT2D eigenvalue weighted by molar-refractivity contribution is 7.12. The molecule has 3 aromatic rings. The molecule has 2 N–H and O–H groups in total. The molecule has 3 rings (SSSR count). The monoisotopic (exact) mass is 366 g/mol. The third-order valence-electron chi connectivity index (χ3n) is 4.17. The first-order valence-electron chi connectivity index (χ1n) is 8.42. The molecule has 5 heteroatoms. The fourth-order valence-corrected chi connectivity index (χ4v) is 3.94. The first-order valence-corrected chi connectivity index (χ1v) is 9.30. The Morgan fingerprint density at radius 2 is 1.81 bits per heavy atom. The number of nitrogens with one attached hydrogen (secondary N) is 1. The Hall–Kier alpha value is -2.47. The first-order chi connectivity index (χ1) is 12.6. The lowest BCUT2D eigenvalue weighted by molar-refractivity contribution is 0.0711. The van der Waals surface area contributed by atoms with Crippen molar-refractivity contribution in [2.24, 2.45) is 0 Å². The van der Waals surface area contributed by atoms with Gasteiger partial charge in [-0.1, -0.05) is 48.0 Å². The first kappa shape index (κ1) is 18.3. The van der Waals surface area contributed by atoms with Crippen molar-refractivity contribution in [2.45, 2.75) is 20.0 Å². The summed E-state index contributed by atoms with van der Waals surface area (Å²) < 4.78 is 0. The zero-order valence-electron chi connectivity index (χ0n) is 14.9. The topological polar surface area (TPSA) is 52.6 Å². The highest BCUT2D eigenvalue weighted by atomic mass is 32.1. The van der Waals surface area contributed by atoms with Crippen molar-refractivity contribution in [3.63, 3.8) is 0 Å². The highest BCUT2D eigenvalue weighted by Gasteiger charge is 2.15. The highest BCUT2D eigenvalue weighted by Crippen LogP contribution is 2.30. The minimum Gasteiger partial charge on any atom is -0.298 e. The maximum Gasteiger partial charge on any atom is 0.285 e. The zero-order valence-corrected chi connectivity index (χ0v) is 15.7. The summed E-state index contributed by atoms with van der Waals surface area (Å²) in [5, 5.41) is 10.8. The quantitative estimate of drug-likeness (QED) is 0.500. The Kier molecular flexibility index (Phi) is 5.83. The Morgan fingerprint density at radius 3 is 2.54 bits per heavy atom. The molecular formula is C21H22N2O2S. The summed E-state index contributed by atoms with van der Waals surface area (Å²) >= 11 is 1.32. The van der Waals surface area contributed by atoms with E-state index in [1.165, 1.54) is 22.5 Å². The number of rotatable bonds is 6. The van der Waals surface area contributed by atoms with E-state index in [0.717, 1.165) is 29.8 Å². The van der Waals surface area contributed by atoms with Gasteiger partial charge in [-0.25, -0.2) is 5.48 Å². The fourth-order valence-electron chi connectivity index (χ4n) is 3.14. The number of hydrogen-bond acceptors (Lipinski definition) is 4. The molecule has 4 nitrogen and oxygen atoms in total. The predicted octanol–water partition coefficient (Wildman–Crippen LogP) is 4.47. The molecule has 0 atom stereocenters. The Balaban J connectivity index is 1.82. The molecule has 26 heavy (non-hydrogen) atoms. The summed E-state index contributed by atoms with van der Waals surface area (Å²) in [6.07, 6.45) is 0. The maximum absolute atomic E-state index is 11.9. The van der Waals surface area contributed by atoms with Crippen molar-refractivity contribution < 1.29 is 10.0 Å². The molecule has 0 bridgehead atoms. The lowest BCUT2D eigenvalue weighted by Gasteiger charge is -2.18. The van der Waals surface area contributed by atoms with Crippen molar-refractivity contribution in [1.82, 2.24) is 10.4 Å². The van der Waals surface area contributed by atoms with Crippen LogP contribution in [0.5, 0.6) is 0 Å². The van der Waals surface area contributed by atoms with Crippen LogP contribution in [0, 0.1) is 6.92 Å². The average molecular weight is 366 g/mol. The molecule has 0 spiro atoms. The summed E-state index contributed by atoms with van der Waals surface area (Å²) in [7, 11) is 2.10. The van der Waals surface area contributed by atoms with Gasteiger partial charge in [-0.15, -0.1) is 11.3 Å². The minimum absolute atomic E-state index is 0.473. The Bertz CT molecular complexity index is 890. The van der Waals surface area contributed by atoms with Crippen molar-refractivity contribution >= 4 is 17.2 Å². The van der Waals surface area contributed by atoms with Gasteiger partial charge in [-0.3, -0.25) is 14.9 Å². The number of hydroxylamine groups is 1. The number of carbonyl (C=O) groups is 1. The van der Waals surface area contributed by atoms with Gasteiger partial charge >= 0.3 is 0 Å². The van der Waals surface area contributed by atoms with Gasteiger partial charge in [-0.2, -0.15) is 0 Å². The van der Waals surface area contributed by atoms with Gasteiger partial charge in [-0.05, 0) is 48.2 Å². The SMILES string of the molecule is Cc1cc(CN(C)Cc2ccccc2)cc(-c2ccsc2C(=O)NO)c1. The molecule has 134 valence electrons. The number of benzene rings is 2. The molecule has 0 aliphatic carbocycles. The molecule has 1 aromatic heterocycles. The molecule has 1 heterocycles. The molecule has 0 radical (unpaired) electrons. The maximum atomic E-state index is 11.9. The molecular weight excluding hydrogens is 344 g/mol. The lowest BCUT2D eigenvalue weighted by atomic mass is 10.00. The number of hydrogen-bond donors (Lipinski definition) is 2. The molecule has 0 unspecified atom stereocenters. The Morgan fingerprint density at radius 1 is 1.08 bits per heavy atom. The molecule has 0 fully saturated rings. The third-order valence-corrected chi connectivity index (χ3v) is 5.08. The van der Waals surface area contributed by atoms with Gasteiger partial charge in [0.1, 0.15) is 4.88 Å². The van der Waals surface area contributed by atoms with Gasteiger partial charge in [0.15, 0.2) is 0 Å². The van der Waals surface area contributed by atoms with E-state index >= 15 is 0 Å². The van der Waals surface area contributed by atoms with Crippen LogP contribution in [0.15, 0.2) is 60.0 Å². The van der Waals surface area contributed by atoms with Crippen LogP contribution in [0.1, 0.15) is 26.4 Å². The summed E-state index contributed by atoms with van der Waals surface area (Å²) in [6, 6.07) is 18.7. The van der Waals surface area contributed by atoms with E-state index in [1.807, 2.05) is 17.5 Å². The van der Waals surface area contributed by atoms with E-state index < -0.39 is 5.91 Å². The fraction of sp³-hybridized carbons (Fsp3) is 0.190. The van der Waals surface area contributed by atoms with E-state index in [0.29, 0.717) is 4.88 Å². The zero-order chi connectivity index (χ0) is 18.5. The second kappa shape index (κ2) is 8.27. The second-order valence-electron chi connectivity index (χ2n) is 6.47. The molecule has 0 aliphatic rings. The minimum atomic E-state index is -0.473. The molecule has 0 saturated carbocycles. The van der Waals surface area contributed by atoms with Crippen LogP contribution in [0.4, 0.5) is 0 Å². The van der Waals surface area contributed by atoms with E-state index in [4.69, 9.17) is 5.21 Å². The summed E-state index contributed by atoms with van der Waals surface area (Å²) in [5.74, 6) is -0.473. The smallest absolute Gasteiger partial charge is 0.285 e. The number of carbonyl (C=O) groups excluding carboxylic acids is 1. The van der Waals surface area contributed by atoms with E-state index in [-0.39, 0.29) is 0 Å². The number of thiophene rings is 1. The lowest BCUT2D eigenvalue weighted by Crippen LogP contribution is -2.18. The average Bonchev–Trinajstić information content (AvgIpc) is 3.11. The van der Waals surface area contributed by atoms with E-state index in [1.54, 1.807) is 5.48 Å². The summed E-state index contributed by atoms with van der Waals surface area (Å²) in [6.45, 7) is 3.75. The number of amides is 1. The second-order valence-corrected chi connectivity index (χ2v) is 7.39. The van der Waals surface area contributed by atoms with Crippen LogP contribution in [0.2, 0.25) is 0 Å². The van der Waals surface area contributed by atoms with E-state index in [2.05, 4.69) is 61.3 Å². The van der Waals surface area contributed by atoms with Gasteiger partial charge in [0, 0.05) is 18.7 Å². The van der Waals surface area contributed by atoms with Crippen molar-refractivity contribution in [1.29, 1.82) is 0 Å². The molecule has 1 amide bonds. The Labute approximate surface area is 157 Å². The molecule has 2 aromatic carbocycles. The van der Waals surface area contributed by atoms with Gasteiger partial charge in [0.25, 0.3) is 5.91 Å². The molecule has 0 aliphatic heterocycles. The largest absolute Gasteiger partial charge is 0.298 e. The summed E-state index contributed by atoms with van der Waals surface area (Å²) in [5.41, 5.74) is 7.19. The number of aryl methyl sites for hydroxylation is 1.